The van der Waals surface area contributed by atoms with Gasteiger partial charge in [-0.25, -0.2) is 4.79 Å². The fraction of sp³-hybridized carbons (Fsp3) is 0.522. The van der Waals surface area contributed by atoms with Crippen molar-refractivity contribution in [1.82, 2.24) is 16.0 Å². The van der Waals surface area contributed by atoms with Crippen LogP contribution in [0.4, 0.5) is 0 Å². The summed E-state index contributed by atoms with van der Waals surface area (Å²) in [6, 6.07) is 3.82. The van der Waals surface area contributed by atoms with E-state index in [4.69, 9.17) is 11.5 Å². The van der Waals surface area contributed by atoms with E-state index < -0.39 is 60.4 Å². The molecule has 0 spiro atoms. The zero-order valence-electron chi connectivity index (χ0n) is 19.9. The molecule has 9 N–H and O–H groups in total. The summed E-state index contributed by atoms with van der Waals surface area (Å²) in [5, 5.41) is 26.3. The number of amides is 4. The molecule has 4 atom stereocenters. The van der Waals surface area contributed by atoms with Gasteiger partial charge in [0.2, 0.25) is 23.6 Å². The van der Waals surface area contributed by atoms with E-state index in [9.17, 15) is 34.2 Å². The first-order chi connectivity index (χ1) is 16.4. The van der Waals surface area contributed by atoms with Crippen molar-refractivity contribution >= 4 is 29.6 Å². The summed E-state index contributed by atoms with van der Waals surface area (Å²) in [5.41, 5.74) is 11.4. The van der Waals surface area contributed by atoms with E-state index in [-0.39, 0.29) is 31.6 Å². The van der Waals surface area contributed by atoms with Gasteiger partial charge < -0.3 is 37.6 Å². The minimum Gasteiger partial charge on any atom is -0.480 e. The number of hydrogen-bond donors (Lipinski definition) is 7. The monoisotopic (exact) mass is 493 g/mol. The average Bonchev–Trinajstić information content (AvgIpc) is 2.79. The lowest BCUT2D eigenvalue weighted by molar-refractivity contribution is -0.142. The third-order valence-electron chi connectivity index (χ3n) is 5.09. The quantitative estimate of drug-likeness (QED) is 0.151. The average molecular weight is 494 g/mol. The summed E-state index contributed by atoms with van der Waals surface area (Å²) in [6.45, 7) is 2.84. The zero-order valence-corrected chi connectivity index (χ0v) is 19.9. The maximum absolute atomic E-state index is 13.0. The number of aliphatic hydroxyl groups is 1. The van der Waals surface area contributed by atoms with Crippen molar-refractivity contribution in [3.8, 4) is 0 Å². The number of carbonyl (C=O) groups is 5. The van der Waals surface area contributed by atoms with Crippen LogP contribution in [0.2, 0.25) is 0 Å². The fourth-order valence-electron chi connectivity index (χ4n) is 3.20. The van der Waals surface area contributed by atoms with Crippen LogP contribution in [0.15, 0.2) is 30.3 Å². The third-order valence-corrected chi connectivity index (χ3v) is 5.09. The minimum atomic E-state index is -1.43. The molecule has 0 aliphatic rings. The van der Waals surface area contributed by atoms with Gasteiger partial charge in [0.1, 0.15) is 18.1 Å². The Kier molecular flexibility index (Phi) is 12.4. The smallest absolute Gasteiger partial charge is 0.326 e. The Morgan fingerprint density at radius 1 is 0.886 bits per heavy atom. The highest BCUT2D eigenvalue weighted by Gasteiger charge is 2.30. The number of carboxylic acids is 1. The van der Waals surface area contributed by atoms with E-state index in [1.54, 1.807) is 30.3 Å². The summed E-state index contributed by atoms with van der Waals surface area (Å²) in [7, 11) is 0. The Morgan fingerprint density at radius 2 is 1.43 bits per heavy atom. The number of primary amides is 1. The van der Waals surface area contributed by atoms with Crippen LogP contribution in [0.1, 0.15) is 38.7 Å². The van der Waals surface area contributed by atoms with Crippen LogP contribution in [0.25, 0.3) is 0 Å². The highest BCUT2D eigenvalue weighted by atomic mass is 16.4. The lowest BCUT2D eigenvalue weighted by Gasteiger charge is -2.25. The SMILES string of the molecule is CC(C)CC(NC(=O)C(Cc1ccccc1)NC(=O)C(CO)NC(=O)C(N)CCC(N)=O)C(=O)O. The van der Waals surface area contributed by atoms with Crippen LogP contribution >= 0.6 is 0 Å². The summed E-state index contributed by atoms with van der Waals surface area (Å²) < 4.78 is 0. The first-order valence-corrected chi connectivity index (χ1v) is 11.3. The van der Waals surface area contributed by atoms with E-state index in [0.717, 1.165) is 0 Å². The molecule has 35 heavy (non-hydrogen) atoms. The summed E-state index contributed by atoms with van der Waals surface area (Å²) in [4.78, 5) is 60.5. The van der Waals surface area contributed by atoms with Crippen molar-refractivity contribution < 1.29 is 34.2 Å². The molecule has 0 aromatic heterocycles. The van der Waals surface area contributed by atoms with Crippen molar-refractivity contribution in [2.75, 3.05) is 6.61 Å². The van der Waals surface area contributed by atoms with Crippen molar-refractivity contribution in [3.63, 3.8) is 0 Å². The van der Waals surface area contributed by atoms with Crippen molar-refractivity contribution in [3.05, 3.63) is 35.9 Å². The molecule has 0 radical (unpaired) electrons. The van der Waals surface area contributed by atoms with Crippen LogP contribution in [0, 0.1) is 5.92 Å². The second-order valence-corrected chi connectivity index (χ2v) is 8.64. The topological polar surface area (TPSA) is 214 Å². The number of benzene rings is 1. The molecule has 4 amide bonds. The van der Waals surface area contributed by atoms with Crippen LogP contribution < -0.4 is 27.4 Å². The lowest BCUT2D eigenvalue weighted by atomic mass is 10.0. The maximum atomic E-state index is 13.0. The zero-order chi connectivity index (χ0) is 26.5. The Morgan fingerprint density at radius 3 is 1.94 bits per heavy atom. The van der Waals surface area contributed by atoms with Crippen LogP contribution in [-0.4, -0.2) is 70.6 Å². The first-order valence-electron chi connectivity index (χ1n) is 11.3. The largest absolute Gasteiger partial charge is 0.480 e. The number of carboxylic acid groups (broad SMARTS) is 1. The first kappa shape index (κ1) is 29.5. The highest BCUT2D eigenvalue weighted by Crippen LogP contribution is 2.08. The molecule has 0 fully saturated rings. The molecule has 0 heterocycles. The Hall–Kier alpha value is -3.51. The number of aliphatic carboxylic acids is 1. The Labute approximate surface area is 203 Å². The molecule has 194 valence electrons. The standard InChI is InChI=1S/C23H35N5O7/c1-13(2)10-17(23(34)35)27-21(32)16(11-14-6-4-3-5-7-14)26-22(33)18(12-29)28-20(31)15(24)8-9-19(25)30/h3-7,13,15-18,29H,8-12,24H2,1-2H3,(H2,25,30)(H,26,33)(H,27,32)(H,28,31)(H,34,35). The van der Waals surface area contributed by atoms with Crippen LogP contribution in [-0.2, 0) is 30.4 Å². The molecule has 12 heteroatoms. The van der Waals surface area contributed by atoms with E-state index >= 15 is 0 Å². The van der Waals surface area contributed by atoms with Crippen LogP contribution in [0.3, 0.4) is 0 Å². The van der Waals surface area contributed by atoms with Gasteiger partial charge in [0.15, 0.2) is 0 Å². The summed E-state index contributed by atoms with van der Waals surface area (Å²) >= 11 is 0. The summed E-state index contributed by atoms with van der Waals surface area (Å²) in [5.74, 6) is -4.23. The molecule has 0 aliphatic heterocycles. The molecule has 0 saturated heterocycles. The molecule has 1 aromatic rings. The number of nitrogens with one attached hydrogen (secondary N) is 3. The van der Waals surface area contributed by atoms with Gasteiger partial charge in [-0.1, -0.05) is 44.2 Å². The summed E-state index contributed by atoms with van der Waals surface area (Å²) in [6.07, 6.45) is 0.0413. The molecular weight excluding hydrogens is 458 g/mol. The van der Waals surface area contributed by atoms with Gasteiger partial charge in [-0.05, 0) is 24.3 Å². The second kappa shape index (κ2) is 14.7. The highest BCUT2D eigenvalue weighted by molar-refractivity contribution is 5.94. The molecule has 1 aromatic carbocycles. The number of hydrogen-bond acceptors (Lipinski definition) is 7. The molecule has 0 aliphatic carbocycles. The van der Waals surface area contributed by atoms with Crippen LogP contribution in [0.5, 0.6) is 0 Å². The molecule has 1 rings (SSSR count). The van der Waals surface area contributed by atoms with Gasteiger partial charge in [-0.3, -0.25) is 19.2 Å². The van der Waals surface area contributed by atoms with Gasteiger partial charge >= 0.3 is 5.97 Å². The molecule has 4 unspecified atom stereocenters. The predicted octanol–water partition coefficient (Wildman–Crippen LogP) is -1.60. The lowest BCUT2D eigenvalue weighted by Crippen LogP contribution is -2.58. The normalized spacial score (nSPS) is 14.3. The predicted molar refractivity (Wildman–Crippen MR) is 127 cm³/mol. The number of aliphatic hydroxyl groups excluding tert-OH is 1. The molecule has 0 saturated carbocycles. The molecule has 0 bridgehead atoms. The van der Waals surface area contributed by atoms with E-state index in [0.29, 0.717) is 5.56 Å². The molecule has 12 nitrogen and oxygen atoms in total. The van der Waals surface area contributed by atoms with E-state index in [1.165, 1.54) is 0 Å². The Bertz CT molecular complexity index is 878. The number of nitrogens with two attached hydrogens (primary N) is 2. The van der Waals surface area contributed by atoms with Gasteiger partial charge in [0.25, 0.3) is 0 Å². The van der Waals surface area contributed by atoms with Crippen molar-refractivity contribution in [1.29, 1.82) is 0 Å². The van der Waals surface area contributed by atoms with E-state index in [2.05, 4.69) is 16.0 Å². The number of carbonyl (C=O) groups excluding carboxylic acids is 4. The van der Waals surface area contributed by atoms with Crippen molar-refractivity contribution in [2.24, 2.45) is 17.4 Å². The maximum Gasteiger partial charge on any atom is 0.326 e. The van der Waals surface area contributed by atoms with Gasteiger partial charge in [0, 0.05) is 12.8 Å². The van der Waals surface area contributed by atoms with Gasteiger partial charge in [-0.2, -0.15) is 0 Å². The fourth-order valence-corrected chi connectivity index (χ4v) is 3.20. The second-order valence-electron chi connectivity index (χ2n) is 8.64. The minimum absolute atomic E-state index is 0.00804. The number of rotatable bonds is 15. The van der Waals surface area contributed by atoms with E-state index in [1.807, 2.05) is 13.8 Å². The molecular formula is C23H35N5O7. The Balaban J connectivity index is 2.98. The van der Waals surface area contributed by atoms with Crippen molar-refractivity contribution in [2.45, 2.75) is 63.7 Å². The van der Waals surface area contributed by atoms with Gasteiger partial charge in [-0.15, -0.1) is 0 Å². The third kappa shape index (κ3) is 11.0. The van der Waals surface area contributed by atoms with Gasteiger partial charge in [0.05, 0.1) is 12.6 Å².